The van der Waals surface area contributed by atoms with E-state index in [1.165, 1.54) is 42.5 Å². The summed E-state index contributed by atoms with van der Waals surface area (Å²) in [6.07, 6.45) is 15.1. The number of amides is 1. The summed E-state index contributed by atoms with van der Waals surface area (Å²) in [6, 6.07) is 17.4. The Bertz CT molecular complexity index is 2980. The number of likely N-dealkylation sites (tertiary alicyclic amines) is 1. The summed E-state index contributed by atoms with van der Waals surface area (Å²) in [5.74, 6) is 1.74. The number of halogens is 1. The molecule has 4 N–H and O–H groups in total. The highest BCUT2D eigenvalue weighted by Crippen LogP contribution is 2.49. The lowest BCUT2D eigenvalue weighted by atomic mass is 9.70. The van der Waals surface area contributed by atoms with E-state index in [1.54, 1.807) is 19.1 Å². The Hall–Kier alpha value is -6.22. The monoisotopic (exact) mass is 959 g/mol. The molecule has 17 heteroatoms. The molecule has 10 rings (SSSR count). The van der Waals surface area contributed by atoms with Crippen LogP contribution in [0.1, 0.15) is 118 Å². The zero-order chi connectivity index (χ0) is 48.4. The lowest BCUT2D eigenvalue weighted by Crippen LogP contribution is -2.63. The molecule has 362 valence electrons. The van der Waals surface area contributed by atoms with Crippen molar-refractivity contribution in [1.29, 1.82) is 0 Å². The number of piperidine rings is 1. The minimum Gasteiger partial charge on any atom is -0.489 e. The number of rotatable bonds is 11. The summed E-state index contributed by atoms with van der Waals surface area (Å²) in [7, 11) is -4.76. The SMILES string of the molecule is C#Cc1nc2[nH]cc(F)c2cc1Oc1cc(N2CCC3(CC2)CN(C2CCC[C@@H]2c2ccccc2C(C)C)C3)ccc1C(=O)NS(=O)(=O)c1cc2c(c([N+](=O)[O-])c1)N[C@@H](C1CCC(C)(O)CC1)CO2. The first-order chi connectivity index (χ1) is 33.0. The van der Waals surface area contributed by atoms with Gasteiger partial charge >= 0.3 is 0 Å². The molecule has 2 saturated heterocycles. The second-order valence-corrected chi connectivity index (χ2v) is 22.2. The number of H-pyrrole nitrogens is 1. The van der Waals surface area contributed by atoms with E-state index in [4.69, 9.17) is 15.9 Å². The Labute approximate surface area is 401 Å². The molecule has 4 fully saturated rings. The van der Waals surface area contributed by atoms with Gasteiger partial charge in [0.15, 0.2) is 22.9 Å². The number of fused-ring (bicyclic) bond motifs is 2. The van der Waals surface area contributed by atoms with Crippen molar-refractivity contribution in [2.24, 2.45) is 11.3 Å². The van der Waals surface area contributed by atoms with Gasteiger partial charge < -0.3 is 29.8 Å². The standard InChI is InChI=1S/C52H58FN7O8S/c1-5-41-46(26-39-40(53)27-54-49(39)56-41)68-45-23-33(58-21-19-52(20-22-58)29-59(30-52)43-12-8-11-37(43)36-10-7-6-9-35(36)31(2)3)13-14-38(45)50(61)57-69(65,66)34-24-44(60(63)64)48-47(25-34)67-28-42(55-48)32-15-17-51(4,62)18-16-32/h1,6-7,9-10,13-14,23-27,31-32,37,42-43,55,62H,8,11-12,15-22,28-30H2,2-4H3,(H,54,56)(H,57,61)/t32?,37-,42-,43?,51?/m1/s1. The van der Waals surface area contributed by atoms with E-state index in [1.807, 2.05) is 0 Å². The number of aromatic nitrogens is 2. The summed E-state index contributed by atoms with van der Waals surface area (Å²) >= 11 is 0. The molecular weight excluding hydrogens is 902 g/mol. The smallest absolute Gasteiger partial charge is 0.297 e. The van der Waals surface area contributed by atoms with Crippen LogP contribution >= 0.6 is 0 Å². The summed E-state index contributed by atoms with van der Waals surface area (Å²) < 4.78 is 57.3. The van der Waals surface area contributed by atoms with Gasteiger partial charge in [0, 0.05) is 62.3 Å². The molecule has 2 aliphatic carbocycles. The predicted octanol–water partition coefficient (Wildman–Crippen LogP) is 8.98. The van der Waals surface area contributed by atoms with Gasteiger partial charge in [-0.25, -0.2) is 22.5 Å². The minimum atomic E-state index is -4.76. The number of hydrogen-bond donors (Lipinski definition) is 4. The van der Waals surface area contributed by atoms with Gasteiger partial charge in [-0.05, 0) is 117 Å². The highest BCUT2D eigenvalue weighted by molar-refractivity contribution is 7.90. The van der Waals surface area contributed by atoms with Crippen molar-refractivity contribution in [3.63, 3.8) is 0 Å². The maximum Gasteiger partial charge on any atom is 0.297 e. The lowest BCUT2D eigenvalue weighted by molar-refractivity contribution is -0.384. The molecule has 3 aromatic carbocycles. The van der Waals surface area contributed by atoms with Crippen molar-refractivity contribution in [3.8, 4) is 29.6 Å². The first-order valence-electron chi connectivity index (χ1n) is 24.1. The lowest BCUT2D eigenvalue weighted by Gasteiger charge is -2.57. The zero-order valence-corrected chi connectivity index (χ0v) is 39.9. The van der Waals surface area contributed by atoms with Gasteiger partial charge in [0.1, 0.15) is 23.8 Å². The number of terminal acetylenes is 1. The Kier molecular flexibility index (Phi) is 12.1. The van der Waals surface area contributed by atoms with Crippen LogP contribution in [0.4, 0.5) is 21.5 Å². The largest absolute Gasteiger partial charge is 0.489 e. The van der Waals surface area contributed by atoms with Crippen LogP contribution in [0.25, 0.3) is 11.0 Å². The second kappa shape index (κ2) is 17.9. The molecule has 0 radical (unpaired) electrons. The molecule has 3 aliphatic heterocycles. The first kappa shape index (κ1) is 46.5. The summed E-state index contributed by atoms with van der Waals surface area (Å²) in [4.78, 5) is 37.4. The number of nitrogens with zero attached hydrogens (tertiary/aromatic N) is 4. The quantitative estimate of drug-likeness (QED) is 0.0559. The Morgan fingerprint density at radius 3 is 2.54 bits per heavy atom. The molecular formula is C52H58FN7O8S. The highest BCUT2D eigenvalue weighted by Gasteiger charge is 2.49. The van der Waals surface area contributed by atoms with Gasteiger partial charge in [0.05, 0.1) is 32.4 Å². The fraction of sp³-hybridized carbons (Fsp3) is 0.462. The Morgan fingerprint density at radius 2 is 1.81 bits per heavy atom. The highest BCUT2D eigenvalue weighted by atomic mass is 32.2. The van der Waals surface area contributed by atoms with Crippen LogP contribution in [0.3, 0.4) is 0 Å². The molecule has 15 nitrogen and oxygen atoms in total. The molecule has 1 unspecified atom stereocenters. The van der Waals surface area contributed by atoms with E-state index in [2.05, 4.69) is 73.8 Å². The predicted molar refractivity (Wildman–Crippen MR) is 260 cm³/mol. The summed E-state index contributed by atoms with van der Waals surface area (Å²) in [5.41, 5.74) is 2.65. The van der Waals surface area contributed by atoms with Crippen molar-refractivity contribution >= 4 is 44.0 Å². The van der Waals surface area contributed by atoms with Gasteiger partial charge in [-0.1, -0.05) is 44.5 Å². The Morgan fingerprint density at radius 1 is 1.06 bits per heavy atom. The van der Waals surface area contributed by atoms with Crippen LogP contribution in [0.15, 0.2) is 71.8 Å². The van der Waals surface area contributed by atoms with E-state index in [-0.39, 0.29) is 69.2 Å². The third-order valence-electron chi connectivity index (χ3n) is 15.6. The van der Waals surface area contributed by atoms with Crippen molar-refractivity contribution in [2.75, 3.05) is 43.0 Å². The maximum absolute atomic E-state index is 14.8. The molecule has 1 spiro atoms. The van der Waals surface area contributed by atoms with Gasteiger partial charge in [-0.2, -0.15) is 0 Å². The number of benzene rings is 3. The number of nitro benzene ring substituents is 1. The van der Waals surface area contributed by atoms with Gasteiger partial charge in [-0.3, -0.25) is 19.8 Å². The third kappa shape index (κ3) is 8.98. The van der Waals surface area contributed by atoms with E-state index < -0.39 is 42.9 Å². The van der Waals surface area contributed by atoms with Crippen LogP contribution in [-0.4, -0.2) is 89.7 Å². The topological polar surface area (TPSA) is 192 Å². The summed E-state index contributed by atoms with van der Waals surface area (Å²) in [6.45, 7) is 10.0. The van der Waals surface area contributed by atoms with Crippen molar-refractivity contribution < 1.29 is 37.1 Å². The maximum atomic E-state index is 14.8. The fourth-order valence-electron chi connectivity index (χ4n) is 11.7. The molecule has 2 saturated carbocycles. The van der Waals surface area contributed by atoms with Crippen LogP contribution in [0, 0.1) is 39.6 Å². The number of ether oxygens (including phenoxy) is 2. The first-order valence-corrected chi connectivity index (χ1v) is 25.5. The molecule has 3 atom stereocenters. The normalized spacial score (nSPS) is 24.5. The summed E-state index contributed by atoms with van der Waals surface area (Å²) in [5, 5.41) is 26.2. The number of carbonyl (C=O) groups is 1. The molecule has 5 heterocycles. The number of aliphatic hydroxyl groups is 1. The van der Waals surface area contributed by atoms with Gasteiger partial charge in [0.25, 0.3) is 21.6 Å². The van der Waals surface area contributed by atoms with E-state index in [0.29, 0.717) is 43.6 Å². The van der Waals surface area contributed by atoms with Gasteiger partial charge in [-0.15, -0.1) is 6.42 Å². The van der Waals surface area contributed by atoms with Crippen LogP contribution in [0.5, 0.6) is 17.2 Å². The average molecular weight is 960 g/mol. The molecule has 2 aromatic heterocycles. The average Bonchev–Trinajstić information content (AvgIpc) is 3.96. The molecule has 1 amide bonds. The van der Waals surface area contributed by atoms with E-state index in [9.17, 15) is 32.8 Å². The van der Waals surface area contributed by atoms with Crippen molar-refractivity contribution in [1.82, 2.24) is 19.6 Å². The van der Waals surface area contributed by atoms with Crippen LogP contribution < -0.4 is 24.4 Å². The number of nitro groups is 1. The number of carbonyl (C=O) groups excluding carboxylic acids is 1. The fourth-order valence-corrected chi connectivity index (χ4v) is 12.7. The van der Waals surface area contributed by atoms with Crippen LogP contribution in [0.2, 0.25) is 0 Å². The number of hydrogen-bond acceptors (Lipinski definition) is 12. The zero-order valence-electron chi connectivity index (χ0n) is 39.1. The van der Waals surface area contributed by atoms with Crippen molar-refractivity contribution in [3.05, 3.63) is 105 Å². The molecule has 5 aliphatic rings. The Balaban J connectivity index is 0.884. The number of sulfonamides is 1. The van der Waals surface area contributed by atoms with E-state index in [0.717, 1.165) is 63.0 Å². The molecule has 5 aromatic rings. The third-order valence-corrected chi connectivity index (χ3v) is 16.9. The van der Waals surface area contributed by atoms with E-state index >= 15 is 0 Å². The van der Waals surface area contributed by atoms with Crippen molar-refractivity contribution in [2.45, 2.75) is 113 Å². The van der Waals surface area contributed by atoms with Crippen LogP contribution in [-0.2, 0) is 10.0 Å². The number of nitrogens with one attached hydrogen (secondary N) is 3. The molecule has 69 heavy (non-hydrogen) atoms. The number of anilines is 2. The minimum absolute atomic E-state index is 0.0213. The number of pyridine rings is 1. The molecule has 0 bridgehead atoms. The second-order valence-electron chi connectivity index (χ2n) is 20.5. The number of aromatic amines is 1. The van der Waals surface area contributed by atoms with Gasteiger partial charge in [0.2, 0.25) is 0 Å².